The summed E-state index contributed by atoms with van der Waals surface area (Å²) in [5.74, 6) is 1.23. The molecule has 2 N–H and O–H groups in total. The molecule has 1 saturated heterocycles. The second-order valence-corrected chi connectivity index (χ2v) is 6.90. The molecule has 31 heavy (non-hydrogen) atoms. The number of guanidine groups is 1. The predicted octanol–water partition coefficient (Wildman–Crippen LogP) is 3.88. The Balaban J connectivity index is 0.00000341. The Morgan fingerprint density at radius 3 is 2.90 bits per heavy atom. The fourth-order valence-corrected chi connectivity index (χ4v) is 2.90. The van der Waals surface area contributed by atoms with Gasteiger partial charge in [0.05, 0.1) is 19.3 Å². The molecule has 1 aliphatic rings. The lowest BCUT2D eigenvalue weighted by Crippen LogP contribution is -2.38. The average Bonchev–Trinajstić information content (AvgIpc) is 3.26. The van der Waals surface area contributed by atoms with Crippen LogP contribution in [-0.4, -0.2) is 50.0 Å². The van der Waals surface area contributed by atoms with Crippen LogP contribution in [0, 0.1) is 5.82 Å². The van der Waals surface area contributed by atoms with Crippen molar-refractivity contribution in [3.05, 3.63) is 54.0 Å². The fraction of sp³-hybridized carbons (Fsp3) is 0.455. The zero-order chi connectivity index (χ0) is 21.0. The molecule has 2 heterocycles. The quantitative estimate of drug-likeness (QED) is 0.205. The molecular formula is C22H30FIN4O3. The van der Waals surface area contributed by atoms with E-state index in [0.29, 0.717) is 31.4 Å². The van der Waals surface area contributed by atoms with Crippen molar-refractivity contribution in [1.82, 2.24) is 15.6 Å². The van der Waals surface area contributed by atoms with E-state index in [9.17, 15) is 4.39 Å². The Bertz CT molecular complexity index is 802. The molecule has 1 aromatic heterocycles. The van der Waals surface area contributed by atoms with Crippen LogP contribution in [0.5, 0.6) is 11.6 Å². The Morgan fingerprint density at radius 1 is 1.29 bits per heavy atom. The second kappa shape index (κ2) is 14.2. The van der Waals surface area contributed by atoms with Crippen molar-refractivity contribution in [3.8, 4) is 11.6 Å². The van der Waals surface area contributed by atoms with Crippen molar-refractivity contribution in [1.29, 1.82) is 0 Å². The minimum absolute atomic E-state index is 0. The average molecular weight is 544 g/mol. The molecule has 0 bridgehead atoms. The van der Waals surface area contributed by atoms with Crippen molar-refractivity contribution < 1.29 is 18.6 Å². The van der Waals surface area contributed by atoms with E-state index in [4.69, 9.17) is 14.2 Å². The minimum Gasteiger partial charge on any atom is -0.439 e. The van der Waals surface area contributed by atoms with E-state index in [2.05, 4.69) is 20.6 Å². The van der Waals surface area contributed by atoms with Gasteiger partial charge in [-0.25, -0.2) is 14.4 Å². The SMILES string of the molecule is CCNC(=NCc1ccc(Oc2cccc(F)c2)nc1)NCCCOC1CCOC1.I. The highest BCUT2D eigenvalue weighted by Gasteiger charge is 2.15. The smallest absolute Gasteiger partial charge is 0.219 e. The van der Waals surface area contributed by atoms with Gasteiger partial charge < -0.3 is 24.8 Å². The summed E-state index contributed by atoms with van der Waals surface area (Å²) in [5.41, 5.74) is 0.948. The maximum Gasteiger partial charge on any atom is 0.219 e. The third-order valence-electron chi connectivity index (χ3n) is 4.44. The number of rotatable bonds is 10. The Kier molecular flexibility index (Phi) is 11.5. The van der Waals surface area contributed by atoms with Gasteiger partial charge in [-0.1, -0.05) is 12.1 Å². The van der Waals surface area contributed by atoms with Crippen LogP contribution in [0.25, 0.3) is 0 Å². The lowest BCUT2D eigenvalue weighted by Gasteiger charge is -2.13. The fourth-order valence-electron chi connectivity index (χ4n) is 2.90. The highest BCUT2D eigenvalue weighted by Crippen LogP contribution is 2.20. The number of pyridine rings is 1. The van der Waals surface area contributed by atoms with Gasteiger partial charge in [-0.05, 0) is 37.5 Å². The highest BCUT2D eigenvalue weighted by atomic mass is 127. The van der Waals surface area contributed by atoms with Crippen LogP contribution in [-0.2, 0) is 16.0 Å². The summed E-state index contributed by atoms with van der Waals surface area (Å²) in [6.07, 6.45) is 3.83. The predicted molar refractivity (Wildman–Crippen MR) is 129 cm³/mol. The normalized spacial score (nSPS) is 15.9. The molecule has 170 valence electrons. The van der Waals surface area contributed by atoms with E-state index in [1.54, 1.807) is 24.4 Å². The lowest BCUT2D eigenvalue weighted by atomic mass is 10.3. The molecule has 0 radical (unpaired) electrons. The Hall–Kier alpha value is -1.98. The first-order valence-electron chi connectivity index (χ1n) is 10.3. The van der Waals surface area contributed by atoms with Gasteiger partial charge in [0.1, 0.15) is 11.6 Å². The monoisotopic (exact) mass is 544 g/mol. The number of aromatic nitrogens is 1. The van der Waals surface area contributed by atoms with E-state index in [0.717, 1.165) is 44.1 Å². The van der Waals surface area contributed by atoms with Gasteiger partial charge in [-0.3, -0.25) is 0 Å². The molecule has 0 spiro atoms. The number of halogens is 2. The molecule has 1 unspecified atom stereocenters. The van der Waals surface area contributed by atoms with Crippen LogP contribution in [0.15, 0.2) is 47.6 Å². The van der Waals surface area contributed by atoms with Crippen LogP contribution in [0.3, 0.4) is 0 Å². The maximum atomic E-state index is 13.2. The molecule has 0 saturated carbocycles. The van der Waals surface area contributed by atoms with E-state index in [1.165, 1.54) is 12.1 Å². The topological polar surface area (TPSA) is 77.0 Å². The molecular weight excluding hydrogens is 514 g/mol. The standard InChI is InChI=1S/C22H29FN4O3.HI/c1-2-24-22(25-10-4-11-29-20-9-12-28-16-20)27-15-17-7-8-21(26-14-17)30-19-6-3-5-18(23)13-19;/h3,5-8,13-14,20H,2,4,9-12,15-16H2,1H3,(H2,24,25,27);1H. The van der Waals surface area contributed by atoms with E-state index in [-0.39, 0.29) is 35.9 Å². The number of hydrogen-bond acceptors (Lipinski definition) is 5. The van der Waals surface area contributed by atoms with Crippen molar-refractivity contribution in [3.63, 3.8) is 0 Å². The van der Waals surface area contributed by atoms with Crippen molar-refractivity contribution in [2.75, 3.05) is 32.9 Å². The summed E-state index contributed by atoms with van der Waals surface area (Å²) in [4.78, 5) is 8.86. The number of nitrogens with zero attached hydrogens (tertiary/aromatic N) is 2. The van der Waals surface area contributed by atoms with Crippen LogP contribution in [0.4, 0.5) is 4.39 Å². The Morgan fingerprint density at radius 2 is 2.19 bits per heavy atom. The summed E-state index contributed by atoms with van der Waals surface area (Å²) >= 11 is 0. The van der Waals surface area contributed by atoms with Gasteiger partial charge in [-0.2, -0.15) is 0 Å². The zero-order valence-corrected chi connectivity index (χ0v) is 20.0. The zero-order valence-electron chi connectivity index (χ0n) is 17.7. The lowest BCUT2D eigenvalue weighted by molar-refractivity contribution is 0.0420. The van der Waals surface area contributed by atoms with E-state index >= 15 is 0 Å². The molecule has 0 amide bonds. The summed E-state index contributed by atoms with van der Waals surface area (Å²) in [6.45, 7) is 6.28. The first-order valence-corrected chi connectivity index (χ1v) is 10.3. The molecule has 3 rings (SSSR count). The van der Waals surface area contributed by atoms with Crippen molar-refractivity contribution >= 4 is 29.9 Å². The van der Waals surface area contributed by atoms with Gasteiger partial charge in [-0.15, -0.1) is 24.0 Å². The molecule has 2 aromatic rings. The van der Waals surface area contributed by atoms with Crippen LogP contribution >= 0.6 is 24.0 Å². The van der Waals surface area contributed by atoms with Crippen LogP contribution in [0.2, 0.25) is 0 Å². The highest BCUT2D eigenvalue weighted by molar-refractivity contribution is 14.0. The van der Waals surface area contributed by atoms with E-state index < -0.39 is 0 Å². The summed E-state index contributed by atoms with van der Waals surface area (Å²) in [6, 6.07) is 9.62. The second-order valence-electron chi connectivity index (χ2n) is 6.90. The maximum absolute atomic E-state index is 13.2. The molecule has 7 nitrogen and oxygen atoms in total. The first-order chi connectivity index (χ1) is 14.7. The van der Waals surface area contributed by atoms with Crippen LogP contribution < -0.4 is 15.4 Å². The van der Waals surface area contributed by atoms with E-state index in [1.807, 2.05) is 13.0 Å². The summed E-state index contributed by atoms with van der Waals surface area (Å²) in [7, 11) is 0. The van der Waals surface area contributed by atoms with Gasteiger partial charge in [0.2, 0.25) is 5.88 Å². The number of nitrogens with one attached hydrogen (secondary N) is 2. The molecule has 1 fully saturated rings. The molecule has 1 aromatic carbocycles. The van der Waals surface area contributed by atoms with Gasteiger partial charge in [0, 0.05) is 44.6 Å². The third-order valence-corrected chi connectivity index (χ3v) is 4.44. The summed E-state index contributed by atoms with van der Waals surface area (Å²) < 4.78 is 29.9. The van der Waals surface area contributed by atoms with Crippen molar-refractivity contribution in [2.45, 2.75) is 32.4 Å². The minimum atomic E-state index is -0.346. The summed E-state index contributed by atoms with van der Waals surface area (Å²) in [5, 5.41) is 6.54. The van der Waals surface area contributed by atoms with Gasteiger partial charge >= 0.3 is 0 Å². The molecule has 1 atom stereocenters. The number of benzene rings is 1. The van der Waals surface area contributed by atoms with Gasteiger partial charge in [0.25, 0.3) is 0 Å². The van der Waals surface area contributed by atoms with Gasteiger partial charge in [0.15, 0.2) is 5.96 Å². The third kappa shape index (κ3) is 9.36. The van der Waals surface area contributed by atoms with Crippen LogP contribution in [0.1, 0.15) is 25.3 Å². The molecule has 0 aliphatic carbocycles. The Labute approximate surface area is 199 Å². The largest absolute Gasteiger partial charge is 0.439 e. The number of aliphatic imine (C=N–C) groups is 1. The molecule has 9 heteroatoms. The number of hydrogen-bond donors (Lipinski definition) is 2. The van der Waals surface area contributed by atoms with Crippen molar-refractivity contribution in [2.24, 2.45) is 4.99 Å². The number of ether oxygens (including phenoxy) is 3. The first kappa shape index (κ1) is 25.3. The molecule has 1 aliphatic heterocycles.